The summed E-state index contributed by atoms with van der Waals surface area (Å²) in [6.45, 7) is 4.19. The van der Waals surface area contributed by atoms with E-state index in [4.69, 9.17) is 4.98 Å². The Labute approximate surface area is 198 Å². The van der Waals surface area contributed by atoms with Crippen LogP contribution in [0.2, 0.25) is 0 Å². The van der Waals surface area contributed by atoms with E-state index >= 15 is 0 Å². The predicted molar refractivity (Wildman–Crippen MR) is 136 cm³/mol. The van der Waals surface area contributed by atoms with E-state index < -0.39 is 0 Å². The lowest BCUT2D eigenvalue weighted by Crippen LogP contribution is -2.09. The number of nitrogens with zero attached hydrogens (tertiary/aromatic N) is 3. The minimum Gasteiger partial charge on any atom is -0.382 e. The lowest BCUT2D eigenvalue weighted by Gasteiger charge is -2.10. The zero-order valence-corrected chi connectivity index (χ0v) is 19.4. The summed E-state index contributed by atoms with van der Waals surface area (Å²) in [5.74, 6) is 0. The molecule has 0 aliphatic carbocycles. The van der Waals surface area contributed by atoms with Crippen LogP contribution in [0, 0.1) is 5.13 Å². The van der Waals surface area contributed by atoms with E-state index in [0.29, 0.717) is 6.04 Å². The Bertz CT molecular complexity index is 1640. The number of aromatic nitrogens is 5. The number of halogens is 1. The molecule has 0 unspecified atom stereocenters. The predicted octanol–water partition coefficient (Wildman–Crippen LogP) is 6.86. The Morgan fingerprint density at radius 2 is 1.91 bits per heavy atom. The average Bonchev–Trinajstić information content (AvgIpc) is 3.55. The fourth-order valence-corrected chi connectivity index (χ4v) is 4.97. The second kappa shape index (κ2) is 8.07. The van der Waals surface area contributed by atoms with Crippen molar-refractivity contribution in [3.8, 4) is 33.1 Å². The van der Waals surface area contributed by atoms with Gasteiger partial charge in [0.25, 0.3) is 0 Å². The zero-order chi connectivity index (χ0) is 23.2. The third kappa shape index (κ3) is 3.62. The van der Waals surface area contributed by atoms with Gasteiger partial charge in [-0.15, -0.1) is 11.3 Å². The van der Waals surface area contributed by atoms with Gasteiger partial charge in [0.2, 0.25) is 0 Å². The standard InChI is InChI=1S/C26H21FN6S/c1-14(2)29-16-10-15(12-28-13-16)19-6-7-21-25(31-19)26(33-32-21)22-11-18-17(4-3-5-20(18)30-22)23-8-9-24(27)34-23/h3-14,29-30H,1-2H3,(H,32,33). The molecule has 0 radical (unpaired) electrons. The van der Waals surface area contributed by atoms with Crippen molar-refractivity contribution in [1.29, 1.82) is 0 Å². The molecule has 0 saturated carbocycles. The number of nitrogens with one attached hydrogen (secondary N) is 3. The molecule has 6 rings (SSSR count). The number of hydrogen-bond acceptors (Lipinski definition) is 5. The summed E-state index contributed by atoms with van der Waals surface area (Å²) >= 11 is 1.14. The summed E-state index contributed by atoms with van der Waals surface area (Å²) in [5.41, 5.74) is 7.87. The zero-order valence-electron chi connectivity index (χ0n) is 18.6. The fraction of sp³-hybridized carbons (Fsp3) is 0.115. The Kier molecular flexibility index (Phi) is 4.88. The van der Waals surface area contributed by atoms with Crippen LogP contribution in [0.25, 0.3) is 55.0 Å². The topological polar surface area (TPSA) is 82.3 Å². The highest BCUT2D eigenvalue weighted by molar-refractivity contribution is 7.14. The van der Waals surface area contributed by atoms with Gasteiger partial charge in [-0.1, -0.05) is 12.1 Å². The van der Waals surface area contributed by atoms with Crippen molar-refractivity contribution in [3.63, 3.8) is 0 Å². The van der Waals surface area contributed by atoms with Gasteiger partial charge in [-0.05, 0) is 56.3 Å². The van der Waals surface area contributed by atoms with Crippen molar-refractivity contribution in [3.05, 3.63) is 72.1 Å². The van der Waals surface area contributed by atoms with Gasteiger partial charge < -0.3 is 10.3 Å². The van der Waals surface area contributed by atoms with Crippen LogP contribution in [-0.4, -0.2) is 31.2 Å². The van der Waals surface area contributed by atoms with Crippen LogP contribution >= 0.6 is 11.3 Å². The Hall–Kier alpha value is -4.04. The Balaban J connectivity index is 1.45. The molecule has 0 fully saturated rings. The maximum atomic E-state index is 13.7. The van der Waals surface area contributed by atoms with Crippen molar-refractivity contribution >= 4 is 39.0 Å². The molecule has 0 spiro atoms. The smallest absolute Gasteiger partial charge is 0.176 e. The van der Waals surface area contributed by atoms with Crippen molar-refractivity contribution in [2.24, 2.45) is 0 Å². The van der Waals surface area contributed by atoms with E-state index in [9.17, 15) is 4.39 Å². The number of benzene rings is 1. The molecule has 0 atom stereocenters. The number of pyridine rings is 2. The minimum atomic E-state index is -0.194. The van der Waals surface area contributed by atoms with E-state index in [2.05, 4.69) is 51.5 Å². The summed E-state index contributed by atoms with van der Waals surface area (Å²) in [6, 6.07) is 17.7. The van der Waals surface area contributed by atoms with Crippen molar-refractivity contribution in [2.45, 2.75) is 19.9 Å². The number of hydrogen-bond donors (Lipinski definition) is 3. The molecule has 0 bridgehead atoms. The number of rotatable bonds is 5. The molecule has 6 nitrogen and oxygen atoms in total. The highest BCUT2D eigenvalue weighted by atomic mass is 32.1. The molecule has 34 heavy (non-hydrogen) atoms. The SMILES string of the molecule is CC(C)Nc1cncc(-c2ccc3[nH]nc(-c4cc5c(-c6ccc(F)s6)cccc5[nH]4)c3n2)c1. The third-order valence-electron chi connectivity index (χ3n) is 5.65. The molecule has 6 aromatic rings. The van der Waals surface area contributed by atoms with E-state index in [-0.39, 0.29) is 5.13 Å². The largest absolute Gasteiger partial charge is 0.382 e. The van der Waals surface area contributed by atoms with Crippen LogP contribution in [0.1, 0.15) is 13.8 Å². The van der Waals surface area contributed by atoms with Crippen molar-refractivity contribution in [2.75, 3.05) is 5.32 Å². The van der Waals surface area contributed by atoms with Gasteiger partial charge >= 0.3 is 0 Å². The first-order valence-electron chi connectivity index (χ1n) is 11.0. The minimum absolute atomic E-state index is 0.194. The van der Waals surface area contributed by atoms with Crippen LogP contribution in [-0.2, 0) is 0 Å². The van der Waals surface area contributed by atoms with Gasteiger partial charge in [-0.25, -0.2) is 4.98 Å². The molecule has 5 heterocycles. The molecular weight excluding hydrogens is 447 g/mol. The number of thiophene rings is 1. The van der Waals surface area contributed by atoms with E-state index in [1.165, 1.54) is 6.07 Å². The quantitative estimate of drug-likeness (QED) is 0.258. The molecule has 1 aromatic carbocycles. The molecule has 8 heteroatoms. The first kappa shape index (κ1) is 20.6. The van der Waals surface area contributed by atoms with Gasteiger partial charge in [0.1, 0.15) is 11.2 Å². The lowest BCUT2D eigenvalue weighted by molar-refractivity contribution is 0.657. The molecule has 168 valence electrons. The van der Waals surface area contributed by atoms with Gasteiger partial charge in [-0.3, -0.25) is 10.1 Å². The van der Waals surface area contributed by atoms with E-state index in [0.717, 1.165) is 72.0 Å². The lowest BCUT2D eigenvalue weighted by atomic mass is 10.1. The summed E-state index contributed by atoms with van der Waals surface area (Å²) in [6.07, 6.45) is 3.63. The molecular formula is C26H21FN6S. The normalized spacial score (nSPS) is 11.6. The van der Waals surface area contributed by atoms with Crippen LogP contribution < -0.4 is 5.32 Å². The highest BCUT2D eigenvalue weighted by Crippen LogP contribution is 2.36. The molecule has 3 N–H and O–H groups in total. The maximum absolute atomic E-state index is 13.7. The number of aromatic amines is 2. The van der Waals surface area contributed by atoms with Gasteiger partial charge in [-0.2, -0.15) is 9.49 Å². The summed E-state index contributed by atoms with van der Waals surface area (Å²) in [4.78, 5) is 13.7. The molecule has 0 saturated heterocycles. The number of anilines is 1. The van der Waals surface area contributed by atoms with Gasteiger partial charge in [0.05, 0.1) is 22.6 Å². The molecule has 0 amide bonds. The first-order valence-corrected chi connectivity index (χ1v) is 11.8. The third-order valence-corrected chi connectivity index (χ3v) is 6.56. The van der Waals surface area contributed by atoms with Crippen LogP contribution in [0.4, 0.5) is 10.1 Å². The second-order valence-electron chi connectivity index (χ2n) is 8.48. The summed E-state index contributed by atoms with van der Waals surface area (Å²) < 4.78 is 13.7. The van der Waals surface area contributed by atoms with Crippen LogP contribution in [0.5, 0.6) is 0 Å². The number of fused-ring (bicyclic) bond motifs is 2. The summed E-state index contributed by atoms with van der Waals surface area (Å²) in [5, 5.41) is 11.8. The summed E-state index contributed by atoms with van der Waals surface area (Å²) in [7, 11) is 0. The fourth-order valence-electron chi connectivity index (χ4n) is 4.20. The van der Waals surface area contributed by atoms with Gasteiger partial charge in [0.15, 0.2) is 5.13 Å². The highest BCUT2D eigenvalue weighted by Gasteiger charge is 2.16. The van der Waals surface area contributed by atoms with E-state index in [1.54, 1.807) is 0 Å². The maximum Gasteiger partial charge on any atom is 0.176 e. The molecule has 5 aromatic heterocycles. The van der Waals surface area contributed by atoms with Crippen LogP contribution in [0.15, 0.2) is 67.0 Å². The Morgan fingerprint density at radius 3 is 2.74 bits per heavy atom. The average molecular weight is 469 g/mol. The monoisotopic (exact) mass is 468 g/mol. The first-order chi connectivity index (χ1) is 16.5. The van der Waals surface area contributed by atoms with Crippen molar-refractivity contribution in [1.82, 2.24) is 25.1 Å². The Morgan fingerprint density at radius 1 is 1.00 bits per heavy atom. The van der Waals surface area contributed by atoms with Gasteiger partial charge in [0, 0.05) is 45.3 Å². The number of H-pyrrole nitrogens is 2. The molecule has 0 aliphatic rings. The van der Waals surface area contributed by atoms with E-state index in [1.807, 2.05) is 48.8 Å². The molecule has 0 aliphatic heterocycles. The second-order valence-corrected chi connectivity index (χ2v) is 9.51. The van der Waals surface area contributed by atoms with Crippen LogP contribution in [0.3, 0.4) is 0 Å². The van der Waals surface area contributed by atoms with Crippen molar-refractivity contribution < 1.29 is 4.39 Å².